The highest BCUT2D eigenvalue weighted by molar-refractivity contribution is 7.10. The number of nitrogens with one attached hydrogen (secondary N) is 1. The van der Waals surface area contributed by atoms with E-state index in [0.717, 1.165) is 0 Å². The SMILES string of the molecule is Cc1ccc([C@H]([NH2+]CC(=O)NCCc2ccccc2F)c2cccs2)cc1. The smallest absolute Gasteiger partial charge is 0.275 e. The molecule has 1 aromatic heterocycles. The van der Waals surface area contributed by atoms with Gasteiger partial charge in [-0.1, -0.05) is 54.1 Å². The summed E-state index contributed by atoms with van der Waals surface area (Å²) in [6.07, 6.45) is 0.491. The summed E-state index contributed by atoms with van der Waals surface area (Å²) in [6.45, 7) is 2.83. The third-order valence-electron chi connectivity index (χ3n) is 4.50. The Morgan fingerprint density at radius 3 is 2.59 bits per heavy atom. The molecule has 0 aliphatic rings. The summed E-state index contributed by atoms with van der Waals surface area (Å²) < 4.78 is 13.6. The molecule has 3 N–H and O–H groups in total. The molecule has 5 heteroatoms. The lowest BCUT2D eigenvalue weighted by atomic mass is 10.0. The normalized spacial score (nSPS) is 11.9. The molecule has 3 rings (SSSR count). The second-order valence-electron chi connectivity index (χ2n) is 6.53. The molecule has 0 aliphatic heterocycles. The number of aryl methyl sites for hydroxylation is 1. The highest BCUT2D eigenvalue weighted by atomic mass is 32.1. The highest BCUT2D eigenvalue weighted by Gasteiger charge is 2.19. The van der Waals surface area contributed by atoms with Crippen LogP contribution in [0.5, 0.6) is 0 Å². The van der Waals surface area contributed by atoms with E-state index in [9.17, 15) is 9.18 Å². The van der Waals surface area contributed by atoms with Crippen LogP contribution in [0.15, 0.2) is 66.0 Å². The number of halogens is 1. The Hall–Kier alpha value is -2.50. The molecule has 0 fully saturated rings. The number of nitrogens with two attached hydrogens (primary N) is 1. The molecule has 140 valence electrons. The highest BCUT2D eigenvalue weighted by Crippen LogP contribution is 2.22. The van der Waals surface area contributed by atoms with E-state index in [4.69, 9.17) is 0 Å². The van der Waals surface area contributed by atoms with Gasteiger partial charge in [-0.15, -0.1) is 11.3 Å². The lowest BCUT2D eigenvalue weighted by molar-refractivity contribution is -0.676. The van der Waals surface area contributed by atoms with Crippen molar-refractivity contribution < 1.29 is 14.5 Å². The molecule has 3 nitrogen and oxygen atoms in total. The van der Waals surface area contributed by atoms with E-state index < -0.39 is 0 Å². The second-order valence-corrected chi connectivity index (χ2v) is 7.51. The van der Waals surface area contributed by atoms with Gasteiger partial charge in [0, 0.05) is 12.1 Å². The van der Waals surface area contributed by atoms with Gasteiger partial charge in [-0.2, -0.15) is 0 Å². The quantitative estimate of drug-likeness (QED) is 0.616. The average Bonchev–Trinajstić information content (AvgIpc) is 3.19. The van der Waals surface area contributed by atoms with E-state index >= 15 is 0 Å². The topological polar surface area (TPSA) is 45.7 Å². The number of benzene rings is 2. The van der Waals surface area contributed by atoms with Gasteiger partial charge in [0.25, 0.3) is 5.91 Å². The lowest BCUT2D eigenvalue weighted by Gasteiger charge is -2.15. The number of amides is 1. The summed E-state index contributed by atoms with van der Waals surface area (Å²) in [5.74, 6) is -0.268. The molecule has 0 unspecified atom stereocenters. The van der Waals surface area contributed by atoms with E-state index in [-0.39, 0.29) is 17.8 Å². The van der Waals surface area contributed by atoms with Gasteiger partial charge >= 0.3 is 0 Å². The van der Waals surface area contributed by atoms with E-state index in [0.29, 0.717) is 25.1 Å². The van der Waals surface area contributed by atoms with Crippen molar-refractivity contribution in [1.82, 2.24) is 5.32 Å². The van der Waals surface area contributed by atoms with E-state index in [1.165, 1.54) is 22.1 Å². The molecular formula is C22H24FN2OS+. The molecule has 0 spiro atoms. The van der Waals surface area contributed by atoms with Crippen LogP contribution < -0.4 is 10.6 Å². The molecule has 0 radical (unpaired) electrons. The van der Waals surface area contributed by atoms with Crippen LogP contribution in [0.4, 0.5) is 4.39 Å². The molecular weight excluding hydrogens is 359 g/mol. The first-order valence-electron chi connectivity index (χ1n) is 9.07. The van der Waals surface area contributed by atoms with Gasteiger partial charge in [0.1, 0.15) is 11.9 Å². The van der Waals surface area contributed by atoms with Gasteiger partial charge in [-0.05, 0) is 36.4 Å². The summed E-state index contributed by atoms with van der Waals surface area (Å²) in [5, 5.41) is 6.99. The van der Waals surface area contributed by atoms with Gasteiger partial charge in [0.15, 0.2) is 6.54 Å². The monoisotopic (exact) mass is 383 g/mol. The molecule has 0 aliphatic carbocycles. The first-order chi connectivity index (χ1) is 13.1. The van der Waals surface area contributed by atoms with Crippen LogP contribution in [0, 0.1) is 12.7 Å². The Morgan fingerprint density at radius 2 is 1.89 bits per heavy atom. The Bertz CT molecular complexity index is 862. The fourth-order valence-electron chi connectivity index (χ4n) is 2.99. The molecule has 3 aromatic rings. The maximum atomic E-state index is 13.6. The minimum Gasteiger partial charge on any atom is -0.351 e. The third kappa shape index (κ3) is 5.49. The van der Waals surface area contributed by atoms with Crippen LogP contribution in [-0.4, -0.2) is 19.0 Å². The summed E-state index contributed by atoms with van der Waals surface area (Å²) in [7, 11) is 0. The van der Waals surface area contributed by atoms with Crippen LogP contribution >= 0.6 is 11.3 Å². The largest absolute Gasteiger partial charge is 0.351 e. The minimum absolute atomic E-state index is 0.0417. The molecule has 1 heterocycles. The van der Waals surface area contributed by atoms with Crippen LogP contribution in [0.2, 0.25) is 0 Å². The predicted octanol–water partition coefficient (Wildman–Crippen LogP) is 3.21. The Morgan fingerprint density at radius 1 is 1.11 bits per heavy atom. The van der Waals surface area contributed by atoms with Gasteiger partial charge in [-0.3, -0.25) is 4.79 Å². The maximum Gasteiger partial charge on any atom is 0.275 e. The average molecular weight is 384 g/mol. The molecule has 2 aromatic carbocycles. The van der Waals surface area contributed by atoms with E-state index in [1.54, 1.807) is 29.5 Å². The van der Waals surface area contributed by atoms with E-state index in [2.05, 4.69) is 53.3 Å². The number of hydrogen-bond acceptors (Lipinski definition) is 2. The molecule has 1 amide bonds. The van der Waals surface area contributed by atoms with Crippen molar-refractivity contribution in [1.29, 1.82) is 0 Å². The first-order valence-corrected chi connectivity index (χ1v) is 9.95. The van der Waals surface area contributed by atoms with Crippen molar-refractivity contribution in [2.24, 2.45) is 0 Å². The number of carbonyl (C=O) groups is 1. The molecule has 27 heavy (non-hydrogen) atoms. The van der Waals surface area contributed by atoms with Gasteiger partial charge in [0.2, 0.25) is 0 Å². The van der Waals surface area contributed by atoms with Crippen molar-refractivity contribution in [2.75, 3.05) is 13.1 Å². The molecule has 0 saturated carbocycles. The Balaban J connectivity index is 1.54. The summed E-state index contributed by atoms with van der Waals surface area (Å²) in [4.78, 5) is 13.5. The predicted molar refractivity (Wildman–Crippen MR) is 107 cm³/mol. The number of hydrogen-bond donors (Lipinski definition) is 2. The van der Waals surface area contributed by atoms with Crippen molar-refractivity contribution in [2.45, 2.75) is 19.4 Å². The molecule has 1 atom stereocenters. The second kappa shape index (κ2) is 9.44. The fourth-order valence-corrected chi connectivity index (χ4v) is 3.84. The number of quaternary nitrogens is 1. The summed E-state index contributed by atoms with van der Waals surface area (Å²) >= 11 is 1.69. The van der Waals surface area contributed by atoms with Gasteiger partial charge in [0.05, 0.1) is 4.88 Å². The number of thiophene rings is 1. The third-order valence-corrected chi connectivity index (χ3v) is 5.45. The van der Waals surface area contributed by atoms with Crippen LogP contribution in [-0.2, 0) is 11.2 Å². The van der Waals surface area contributed by atoms with Gasteiger partial charge < -0.3 is 10.6 Å². The minimum atomic E-state index is -0.226. The Labute approximate surface area is 163 Å². The zero-order valence-electron chi connectivity index (χ0n) is 15.3. The Kier molecular flexibility index (Phi) is 6.74. The standard InChI is InChI=1S/C22H23FN2OS/c1-16-8-10-18(11-9-16)22(20-7-4-14-27-20)25-15-21(26)24-13-12-17-5-2-3-6-19(17)23/h2-11,14,22,25H,12-13,15H2,1H3,(H,24,26)/p+1/t22-/m0/s1. The molecule has 0 bridgehead atoms. The first kappa shape index (κ1) is 19.3. The molecule has 0 saturated heterocycles. The van der Waals surface area contributed by atoms with Crippen molar-refractivity contribution in [3.63, 3.8) is 0 Å². The van der Waals surface area contributed by atoms with Crippen molar-refractivity contribution in [3.8, 4) is 0 Å². The summed E-state index contributed by atoms with van der Waals surface area (Å²) in [6, 6.07) is 19.3. The van der Waals surface area contributed by atoms with Crippen LogP contribution in [0.3, 0.4) is 0 Å². The van der Waals surface area contributed by atoms with Crippen LogP contribution in [0.1, 0.15) is 27.6 Å². The van der Waals surface area contributed by atoms with Crippen molar-refractivity contribution >= 4 is 17.2 Å². The van der Waals surface area contributed by atoms with Gasteiger partial charge in [-0.25, -0.2) is 4.39 Å². The van der Waals surface area contributed by atoms with E-state index in [1.807, 2.05) is 6.07 Å². The fraction of sp³-hybridized carbons (Fsp3) is 0.227. The maximum absolute atomic E-state index is 13.6. The number of carbonyl (C=O) groups excluding carboxylic acids is 1. The lowest BCUT2D eigenvalue weighted by Crippen LogP contribution is -2.87. The van der Waals surface area contributed by atoms with Crippen LogP contribution in [0.25, 0.3) is 0 Å². The number of rotatable bonds is 8. The zero-order chi connectivity index (χ0) is 19.1. The summed E-state index contributed by atoms with van der Waals surface area (Å²) in [5.41, 5.74) is 3.02. The zero-order valence-corrected chi connectivity index (χ0v) is 16.1. The van der Waals surface area contributed by atoms with Crippen molar-refractivity contribution in [3.05, 3.63) is 93.4 Å².